The first-order chi connectivity index (χ1) is 14.8. The molecule has 1 saturated heterocycles. The number of rotatable bonds is 11. The Balaban J connectivity index is 2.52. The molecule has 1 aliphatic heterocycles. The van der Waals surface area contributed by atoms with Crippen LogP contribution in [0.1, 0.15) is 122 Å². The summed E-state index contributed by atoms with van der Waals surface area (Å²) in [5, 5.41) is 0. The van der Waals surface area contributed by atoms with Gasteiger partial charge in [0.25, 0.3) is 0 Å². The quantitative estimate of drug-likeness (QED) is 0.233. The summed E-state index contributed by atoms with van der Waals surface area (Å²) in [7, 11) is 0. The van der Waals surface area contributed by atoms with Crippen molar-refractivity contribution in [3.8, 4) is 0 Å². The fraction of sp³-hybridized carbons (Fsp3) is 0.966. The maximum absolute atomic E-state index is 12.6. The molecule has 0 aliphatic carbocycles. The lowest BCUT2D eigenvalue weighted by molar-refractivity contribution is -0.162. The largest absolute Gasteiger partial charge is 0.462 e. The molecule has 196 valence electrons. The molecule has 0 aromatic rings. The van der Waals surface area contributed by atoms with Gasteiger partial charge >= 0.3 is 5.97 Å². The van der Waals surface area contributed by atoms with Gasteiger partial charge in [-0.05, 0) is 69.6 Å². The van der Waals surface area contributed by atoms with Gasteiger partial charge in [0.2, 0.25) is 0 Å². The maximum atomic E-state index is 12.6. The van der Waals surface area contributed by atoms with Crippen LogP contribution in [0.2, 0.25) is 0 Å². The highest BCUT2D eigenvalue weighted by molar-refractivity contribution is 5.69. The zero-order valence-electron chi connectivity index (χ0n) is 24.3. The van der Waals surface area contributed by atoms with E-state index in [-0.39, 0.29) is 28.6 Å². The van der Waals surface area contributed by atoms with E-state index in [9.17, 15) is 4.79 Å². The molecule has 1 heterocycles. The second-order valence-electron chi connectivity index (χ2n) is 14.6. The molecule has 2 atom stereocenters. The summed E-state index contributed by atoms with van der Waals surface area (Å²) in [6, 6.07) is 0. The summed E-state index contributed by atoms with van der Waals surface area (Å²) < 4.78 is 12.1. The zero-order valence-corrected chi connectivity index (χ0v) is 24.3. The van der Waals surface area contributed by atoms with Crippen LogP contribution in [0.4, 0.5) is 0 Å². The van der Waals surface area contributed by atoms with Crippen LogP contribution in [0.3, 0.4) is 0 Å². The van der Waals surface area contributed by atoms with E-state index in [0.29, 0.717) is 23.7 Å². The number of carbonyl (C=O) groups excluding carboxylic acids is 1. The number of ether oxygens (including phenoxy) is 2. The number of hydrogen-bond acceptors (Lipinski definition) is 4. The SMILES string of the molecule is CC(CCOCCN1C(C)(C)CC(OC(=O)CC(C)CC(C)(C)C)CC1(C)C)CC(C)(C)C. The molecule has 2 unspecified atom stereocenters. The van der Waals surface area contributed by atoms with Crippen LogP contribution in [0.5, 0.6) is 0 Å². The Hall–Kier alpha value is -0.610. The summed E-state index contributed by atoms with van der Waals surface area (Å²) in [5.74, 6) is 1.00. The number of esters is 1. The van der Waals surface area contributed by atoms with E-state index in [1.807, 2.05) is 0 Å². The van der Waals surface area contributed by atoms with Crippen molar-refractivity contribution >= 4 is 5.97 Å². The van der Waals surface area contributed by atoms with E-state index in [4.69, 9.17) is 9.47 Å². The lowest BCUT2D eigenvalue weighted by Crippen LogP contribution is -2.63. The minimum absolute atomic E-state index is 0.0141. The molecule has 1 fully saturated rings. The van der Waals surface area contributed by atoms with E-state index in [1.165, 1.54) is 6.42 Å². The molecule has 4 heteroatoms. The number of likely N-dealkylation sites (tertiary alicyclic amines) is 1. The highest BCUT2D eigenvalue weighted by atomic mass is 16.5. The smallest absolute Gasteiger partial charge is 0.306 e. The van der Waals surface area contributed by atoms with Gasteiger partial charge in [-0.3, -0.25) is 9.69 Å². The molecule has 0 aromatic carbocycles. The van der Waals surface area contributed by atoms with Crippen molar-refractivity contribution in [2.45, 2.75) is 139 Å². The molecular weight excluding hydrogens is 410 g/mol. The summed E-state index contributed by atoms with van der Waals surface area (Å²) in [4.78, 5) is 15.2. The van der Waals surface area contributed by atoms with Gasteiger partial charge in [-0.1, -0.05) is 55.4 Å². The minimum atomic E-state index is -0.0375. The summed E-state index contributed by atoms with van der Waals surface area (Å²) in [6.45, 7) is 29.7. The second-order valence-corrected chi connectivity index (χ2v) is 14.6. The maximum Gasteiger partial charge on any atom is 0.306 e. The van der Waals surface area contributed by atoms with Gasteiger partial charge in [0.15, 0.2) is 0 Å². The van der Waals surface area contributed by atoms with E-state index >= 15 is 0 Å². The van der Waals surface area contributed by atoms with Crippen LogP contribution in [-0.4, -0.2) is 47.8 Å². The summed E-state index contributed by atoms with van der Waals surface area (Å²) in [6.07, 6.45) is 5.64. The third-order valence-corrected chi connectivity index (χ3v) is 6.86. The Morgan fingerprint density at radius 2 is 1.36 bits per heavy atom. The van der Waals surface area contributed by atoms with Crippen LogP contribution >= 0.6 is 0 Å². The number of nitrogens with zero attached hydrogens (tertiary/aromatic N) is 1. The molecule has 0 amide bonds. The Kier molecular flexibility index (Phi) is 11.0. The van der Waals surface area contributed by atoms with Crippen LogP contribution in [0, 0.1) is 22.7 Å². The van der Waals surface area contributed by atoms with Crippen molar-refractivity contribution in [3.63, 3.8) is 0 Å². The Labute approximate surface area is 206 Å². The average molecular weight is 468 g/mol. The molecule has 0 N–H and O–H groups in total. The third kappa shape index (κ3) is 12.1. The van der Waals surface area contributed by atoms with E-state index in [2.05, 4.69) is 88.0 Å². The molecule has 0 bridgehead atoms. The summed E-state index contributed by atoms with van der Waals surface area (Å²) >= 11 is 0. The molecule has 0 spiro atoms. The van der Waals surface area contributed by atoms with Crippen molar-refractivity contribution in [2.24, 2.45) is 22.7 Å². The molecule has 33 heavy (non-hydrogen) atoms. The van der Waals surface area contributed by atoms with Gasteiger partial charge in [-0.15, -0.1) is 0 Å². The Morgan fingerprint density at radius 3 is 1.85 bits per heavy atom. The van der Waals surface area contributed by atoms with E-state index < -0.39 is 0 Å². The first-order valence-electron chi connectivity index (χ1n) is 13.4. The van der Waals surface area contributed by atoms with Crippen LogP contribution in [-0.2, 0) is 14.3 Å². The molecule has 4 nitrogen and oxygen atoms in total. The van der Waals surface area contributed by atoms with E-state index in [0.717, 1.165) is 45.4 Å². The van der Waals surface area contributed by atoms with Gasteiger partial charge in [0.05, 0.1) is 6.61 Å². The first-order valence-corrected chi connectivity index (χ1v) is 13.4. The van der Waals surface area contributed by atoms with Crippen molar-refractivity contribution < 1.29 is 14.3 Å². The van der Waals surface area contributed by atoms with Crippen LogP contribution in [0.25, 0.3) is 0 Å². The fourth-order valence-electron chi connectivity index (χ4n) is 6.24. The lowest BCUT2D eigenvalue weighted by atomic mass is 9.78. The minimum Gasteiger partial charge on any atom is -0.462 e. The predicted molar refractivity (Wildman–Crippen MR) is 141 cm³/mol. The Bertz CT molecular complexity index is 579. The molecule has 1 aliphatic rings. The molecule has 0 radical (unpaired) electrons. The lowest BCUT2D eigenvalue weighted by Gasteiger charge is -2.55. The normalized spacial score (nSPS) is 21.6. The monoisotopic (exact) mass is 467 g/mol. The highest BCUT2D eigenvalue weighted by Gasteiger charge is 2.46. The van der Waals surface area contributed by atoms with Crippen LogP contribution < -0.4 is 0 Å². The van der Waals surface area contributed by atoms with Crippen molar-refractivity contribution in [3.05, 3.63) is 0 Å². The fourth-order valence-corrected chi connectivity index (χ4v) is 6.24. The van der Waals surface area contributed by atoms with Gasteiger partial charge in [0, 0.05) is 43.5 Å². The molecule has 0 saturated carbocycles. The Morgan fingerprint density at radius 1 is 0.879 bits per heavy atom. The van der Waals surface area contributed by atoms with Crippen molar-refractivity contribution in [2.75, 3.05) is 19.8 Å². The highest BCUT2D eigenvalue weighted by Crippen LogP contribution is 2.39. The zero-order chi connectivity index (χ0) is 25.7. The second kappa shape index (κ2) is 11.9. The molecule has 1 rings (SSSR count). The first kappa shape index (κ1) is 30.4. The molecular formula is C29H57NO3. The summed E-state index contributed by atoms with van der Waals surface area (Å²) in [5.41, 5.74) is 0.548. The standard InChI is InChI=1S/C29H57NO3/c1-22(18-26(3,4)5)13-15-32-16-14-30-28(9,10)20-24(21-29(30,11)12)33-25(31)17-23(2)19-27(6,7)8/h22-24H,13-21H2,1-12H3. The molecule has 0 aromatic heterocycles. The number of carbonyl (C=O) groups is 1. The van der Waals surface area contributed by atoms with Gasteiger partial charge in [-0.2, -0.15) is 0 Å². The van der Waals surface area contributed by atoms with Gasteiger partial charge in [-0.25, -0.2) is 0 Å². The van der Waals surface area contributed by atoms with Crippen molar-refractivity contribution in [1.29, 1.82) is 0 Å². The van der Waals surface area contributed by atoms with Crippen LogP contribution in [0.15, 0.2) is 0 Å². The van der Waals surface area contributed by atoms with Crippen molar-refractivity contribution in [1.82, 2.24) is 4.90 Å². The van der Waals surface area contributed by atoms with Gasteiger partial charge in [0.1, 0.15) is 6.10 Å². The number of piperidine rings is 1. The number of hydrogen-bond donors (Lipinski definition) is 0. The van der Waals surface area contributed by atoms with Gasteiger partial charge < -0.3 is 9.47 Å². The van der Waals surface area contributed by atoms with E-state index in [1.54, 1.807) is 0 Å². The average Bonchev–Trinajstić information content (AvgIpc) is 2.51. The topological polar surface area (TPSA) is 38.8 Å². The predicted octanol–water partition coefficient (Wildman–Crippen LogP) is 7.49. The third-order valence-electron chi connectivity index (χ3n) is 6.86.